The molecule has 0 saturated heterocycles. The first-order valence-electron chi connectivity index (χ1n) is 5.57. The highest BCUT2D eigenvalue weighted by Gasteiger charge is 2.38. The second kappa shape index (κ2) is 4.48. The number of benzene rings is 1. The van der Waals surface area contributed by atoms with Gasteiger partial charge in [-0.3, -0.25) is 4.79 Å². The molecule has 5 heteroatoms. The Morgan fingerprint density at radius 3 is 2.50 bits per heavy atom. The summed E-state index contributed by atoms with van der Waals surface area (Å²) in [6.07, 6.45) is -4.14. The molecule has 0 bridgehead atoms. The molecule has 0 radical (unpaired) electrons. The van der Waals surface area contributed by atoms with Gasteiger partial charge in [0.15, 0.2) is 5.43 Å². The average Bonchev–Trinajstić information content (AvgIpc) is 2.31. The molecule has 0 aliphatic carbocycles. The van der Waals surface area contributed by atoms with E-state index < -0.39 is 17.4 Å². The van der Waals surface area contributed by atoms with E-state index in [1.54, 1.807) is 13.0 Å². The van der Waals surface area contributed by atoms with Gasteiger partial charge in [-0.2, -0.15) is 13.2 Å². The van der Waals surface area contributed by atoms with Gasteiger partial charge < -0.3 is 4.42 Å². The third kappa shape index (κ3) is 2.12. The molecule has 0 spiro atoms. The highest BCUT2D eigenvalue weighted by molar-refractivity contribution is 5.77. The summed E-state index contributed by atoms with van der Waals surface area (Å²) in [5.41, 5.74) is -0.913. The van der Waals surface area contributed by atoms with Crippen LogP contribution in [0.25, 0.3) is 11.0 Å². The number of halogens is 3. The van der Waals surface area contributed by atoms with Crippen LogP contribution in [0.2, 0.25) is 0 Å². The van der Waals surface area contributed by atoms with Gasteiger partial charge in [-0.25, -0.2) is 0 Å². The Morgan fingerprint density at radius 1 is 1.22 bits per heavy atom. The van der Waals surface area contributed by atoms with E-state index in [1.165, 1.54) is 18.2 Å². The number of alkyl halides is 3. The first-order chi connectivity index (χ1) is 8.45. The quantitative estimate of drug-likeness (QED) is 0.818. The summed E-state index contributed by atoms with van der Waals surface area (Å²) < 4.78 is 43.4. The van der Waals surface area contributed by atoms with Crippen molar-refractivity contribution in [3.05, 3.63) is 45.8 Å². The fourth-order valence-electron chi connectivity index (χ4n) is 1.89. The molecule has 2 rings (SSSR count). The Balaban J connectivity index is 2.84. The van der Waals surface area contributed by atoms with E-state index in [-0.39, 0.29) is 23.0 Å². The molecule has 2 aromatic rings. The lowest BCUT2D eigenvalue weighted by Gasteiger charge is -2.11. The predicted molar refractivity (Wildman–Crippen MR) is 61.5 cm³/mol. The van der Waals surface area contributed by atoms with E-state index in [9.17, 15) is 18.0 Å². The molecule has 18 heavy (non-hydrogen) atoms. The van der Waals surface area contributed by atoms with E-state index in [0.717, 1.165) is 0 Å². The number of hydrogen-bond acceptors (Lipinski definition) is 2. The fourth-order valence-corrected chi connectivity index (χ4v) is 1.89. The zero-order valence-corrected chi connectivity index (χ0v) is 9.67. The smallest absolute Gasteiger partial charge is 0.449 e. The van der Waals surface area contributed by atoms with E-state index >= 15 is 0 Å². The molecule has 0 fully saturated rings. The molecule has 1 aromatic carbocycles. The van der Waals surface area contributed by atoms with Gasteiger partial charge in [0.25, 0.3) is 0 Å². The van der Waals surface area contributed by atoms with Crippen molar-refractivity contribution >= 4 is 11.0 Å². The Bertz CT molecular complexity index is 626. The number of rotatable bonds is 2. The Morgan fingerprint density at radius 2 is 1.89 bits per heavy atom. The van der Waals surface area contributed by atoms with Crippen molar-refractivity contribution in [3.8, 4) is 0 Å². The Hall–Kier alpha value is -1.78. The monoisotopic (exact) mass is 256 g/mol. The second-order valence-corrected chi connectivity index (χ2v) is 3.98. The summed E-state index contributed by atoms with van der Waals surface area (Å²) >= 11 is 0. The van der Waals surface area contributed by atoms with Gasteiger partial charge in [0.2, 0.25) is 5.76 Å². The van der Waals surface area contributed by atoms with Gasteiger partial charge in [0, 0.05) is 5.56 Å². The molecular formula is C13H11F3O2. The SMILES string of the molecule is CCCc1c(C(F)(F)F)oc2ccccc2c1=O. The summed E-state index contributed by atoms with van der Waals surface area (Å²) in [4.78, 5) is 12.0. The van der Waals surface area contributed by atoms with Crippen LogP contribution in [0.15, 0.2) is 33.5 Å². The van der Waals surface area contributed by atoms with Gasteiger partial charge in [0.1, 0.15) is 5.58 Å². The standard InChI is InChI=1S/C13H11F3O2/c1-2-5-9-11(17)8-6-3-4-7-10(8)18-12(9)13(14,15)16/h3-4,6-7H,2,5H2,1H3. The van der Waals surface area contributed by atoms with Crippen LogP contribution in [-0.2, 0) is 12.6 Å². The molecule has 0 amide bonds. The van der Waals surface area contributed by atoms with Gasteiger partial charge in [-0.15, -0.1) is 0 Å². The normalized spacial score (nSPS) is 12.0. The minimum atomic E-state index is -4.65. The van der Waals surface area contributed by atoms with Crippen molar-refractivity contribution in [1.82, 2.24) is 0 Å². The van der Waals surface area contributed by atoms with Crippen LogP contribution < -0.4 is 5.43 Å². The summed E-state index contributed by atoms with van der Waals surface area (Å²) in [6, 6.07) is 5.97. The van der Waals surface area contributed by atoms with Gasteiger partial charge in [0.05, 0.1) is 5.39 Å². The maximum absolute atomic E-state index is 12.8. The van der Waals surface area contributed by atoms with Crippen molar-refractivity contribution < 1.29 is 17.6 Å². The molecule has 0 saturated carbocycles. The van der Waals surface area contributed by atoms with E-state index in [4.69, 9.17) is 4.42 Å². The molecule has 1 heterocycles. The van der Waals surface area contributed by atoms with Crippen molar-refractivity contribution in [2.45, 2.75) is 25.9 Å². The number of hydrogen-bond donors (Lipinski definition) is 0. The molecule has 2 nitrogen and oxygen atoms in total. The van der Waals surface area contributed by atoms with Crippen molar-refractivity contribution in [2.24, 2.45) is 0 Å². The third-order valence-corrected chi connectivity index (χ3v) is 2.65. The minimum Gasteiger partial charge on any atom is -0.451 e. The fraction of sp³-hybridized carbons (Fsp3) is 0.308. The van der Waals surface area contributed by atoms with E-state index in [0.29, 0.717) is 6.42 Å². The molecule has 0 aliphatic heterocycles. The predicted octanol–water partition coefficient (Wildman–Crippen LogP) is 3.76. The Labute approximate surface area is 101 Å². The molecule has 0 atom stereocenters. The van der Waals surface area contributed by atoms with Crippen LogP contribution in [0.4, 0.5) is 13.2 Å². The van der Waals surface area contributed by atoms with Gasteiger partial charge in [-0.1, -0.05) is 25.5 Å². The number of para-hydroxylation sites is 1. The zero-order chi connectivity index (χ0) is 13.3. The largest absolute Gasteiger partial charge is 0.451 e. The van der Waals surface area contributed by atoms with Crippen molar-refractivity contribution in [3.63, 3.8) is 0 Å². The van der Waals surface area contributed by atoms with Crippen LogP contribution >= 0.6 is 0 Å². The first kappa shape index (κ1) is 12.7. The van der Waals surface area contributed by atoms with Crippen molar-refractivity contribution in [1.29, 1.82) is 0 Å². The van der Waals surface area contributed by atoms with E-state index in [2.05, 4.69) is 0 Å². The van der Waals surface area contributed by atoms with Crippen LogP contribution in [0.5, 0.6) is 0 Å². The molecule has 1 aromatic heterocycles. The lowest BCUT2D eigenvalue weighted by Crippen LogP contribution is -2.18. The lowest BCUT2D eigenvalue weighted by atomic mass is 10.1. The maximum atomic E-state index is 12.8. The average molecular weight is 256 g/mol. The highest BCUT2D eigenvalue weighted by atomic mass is 19.4. The first-order valence-corrected chi connectivity index (χ1v) is 5.57. The summed E-state index contributed by atoms with van der Waals surface area (Å²) in [6.45, 7) is 1.72. The maximum Gasteiger partial charge on any atom is 0.449 e. The topological polar surface area (TPSA) is 30.2 Å². The third-order valence-electron chi connectivity index (χ3n) is 2.65. The second-order valence-electron chi connectivity index (χ2n) is 3.98. The summed E-state index contributed by atoms with van der Waals surface area (Å²) in [5.74, 6) is -1.17. The molecular weight excluding hydrogens is 245 g/mol. The molecule has 96 valence electrons. The lowest BCUT2D eigenvalue weighted by molar-refractivity contribution is -0.153. The van der Waals surface area contributed by atoms with Gasteiger partial charge >= 0.3 is 6.18 Å². The van der Waals surface area contributed by atoms with Crippen LogP contribution in [0, 0.1) is 0 Å². The molecule has 0 N–H and O–H groups in total. The van der Waals surface area contributed by atoms with Crippen LogP contribution in [-0.4, -0.2) is 0 Å². The van der Waals surface area contributed by atoms with Gasteiger partial charge in [-0.05, 0) is 18.6 Å². The molecule has 0 aliphatic rings. The molecule has 0 unspecified atom stereocenters. The van der Waals surface area contributed by atoms with Crippen LogP contribution in [0.3, 0.4) is 0 Å². The Kier molecular flexibility index (Phi) is 3.15. The summed E-state index contributed by atoms with van der Waals surface area (Å²) in [7, 11) is 0. The highest BCUT2D eigenvalue weighted by Crippen LogP contribution is 2.33. The zero-order valence-electron chi connectivity index (χ0n) is 9.67. The summed E-state index contributed by atoms with van der Waals surface area (Å²) in [5, 5.41) is 0.189. The van der Waals surface area contributed by atoms with Crippen LogP contribution in [0.1, 0.15) is 24.7 Å². The minimum absolute atomic E-state index is 0.0327. The van der Waals surface area contributed by atoms with Crippen molar-refractivity contribution in [2.75, 3.05) is 0 Å². The van der Waals surface area contributed by atoms with E-state index in [1.807, 2.05) is 0 Å². The number of fused-ring (bicyclic) bond motifs is 1.